The normalized spacial score (nSPS) is 18.5. The number of hydrogen-bond donors (Lipinski definition) is 1. The summed E-state index contributed by atoms with van der Waals surface area (Å²) in [7, 11) is 0. The maximum Gasteiger partial charge on any atom is 0.405 e. The van der Waals surface area contributed by atoms with Crippen LogP contribution in [0.25, 0.3) is 0 Å². The van der Waals surface area contributed by atoms with Crippen LogP contribution in [0.5, 0.6) is 0 Å². The van der Waals surface area contributed by atoms with Gasteiger partial charge in [-0.05, 0) is 25.7 Å². The van der Waals surface area contributed by atoms with E-state index < -0.39 is 18.6 Å². The molecule has 1 aromatic rings. The standard InChI is InChI=1S/C13H18F3N5OS/c14-13(15,16)8-17-10(22)7-23-12-19-18-11(20-5-1-2-6-20)21(12)9-3-4-9/h9H,1-8H2,(H,17,22). The van der Waals surface area contributed by atoms with Gasteiger partial charge in [0, 0.05) is 19.1 Å². The monoisotopic (exact) mass is 349 g/mol. The van der Waals surface area contributed by atoms with Gasteiger partial charge in [-0.15, -0.1) is 10.2 Å². The molecule has 128 valence electrons. The number of aromatic nitrogens is 3. The summed E-state index contributed by atoms with van der Waals surface area (Å²) < 4.78 is 38.3. The first-order chi connectivity index (χ1) is 10.9. The number of rotatable bonds is 6. The van der Waals surface area contributed by atoms with Crippen LogP contribution in [0.1, 0.15) is 31.7 Å². The van der Waals surface area contributed by atoms with Crippen molar-refractivity contribution in [3.05, 3.63) is 0 Å². The van der Waals surface area contributed by atoms with E-state index in [2.05, 4.69) is 15.1 Å². The zero-order valence-electron chi connectivity index (χ0n) is 12.5. The van der Waals surface area contributed by atoms with Crippen molar-refractivity contribution < 1.29 is 18.0 Å². The molecule has 10 heteroatoms. The lowest BCUT2D eigenvalue weighted by Gasteiger charge is -2.17. The minimum absolute atomic E-state index is 0.0963. The second-order valence-corrected chi connectivity index (χ2v) is 6.70. The van der Waals surface area contributed by atoms with Crippen LogP contribution in [-0.2, 0) is 4.79 Å². The van der Waals surface area contributed by atoms with E-state index >= 15 is 0 Å². The molecule has 23 heavy (non-hydrogen) atoms. The Balaban J connectivity index is 1.60. The number of carbonyl (C=O) groups is 1. The van der Waals surface area contributed by atoms with Gasteiger partial charge in [0.15, 0.2) is 5.16 Å². The molecular formula is C13H18F3N5OS. The summed E-state index contributed by atoms with van der Waals surface area (Å²) in [6, 6.07) is 0.348. The molecule has 1 saturated carbocycles. The van der Waals surface area contributed by atoms with Crippen LogP contribution >= 0.6 is 11.8 Å². The van der Waals surface area contributed by atoms with E-state index in [1.807, 2.05) is 9.88 Å². The average Bonchev–Trinajstić information content (AvgIpc) is 3.01. The van der Waals surface area contributed by atoms with Gasteiger partial charge in [-0.2, -0.15) is 13.2 Å². The van der Waals surface area contributed by atoms with Crippen LogP contribution in [0.15, 0.2) is 5.16 Å². The van der Waals surface area contributed by atoms with Crippen molar-refractivity contribution in [3.63, 3.8) is 0 Å². The Kier molecular flexibility index (Phi) is 4.69. The van der Waals surface area contributed by atoms with Gasteiger partial charge in [-0.3, -0.25) is 9.36 Å². The van der Waals surface area contributed by atoms with Crippen molar-refractivity contribution >= 4 is 23.6 Å². The second kappa shape index (κ2) is 6.58. The molecule has 0 aromatic carbocycles. The molecule has 1 N–H and O–H groups in total. The van der Waals surface area contributed by atoms with Crippen molar-refractivity contribution in [2.45, 2.75) is 43.1 Å². The van der Waals surface area contributed by atoms with Gasteiger partial charge >= 0.3 is 6.18 Å². The first kappa shape index (κ1) is 16.4. The number of anilines is 1. The summed E-state index contributed by atoms with van der Waals surface area (Å²) in [6.07, 6.45) is -0.0452. The SMILES string of the molecule is O=C(CSc1nnc(N2CCCC2)n1C1CC1)NCC(F)(F)F. The number of hydrogen-bond acceptors (Lipinski definition) is 5. The number of thioether (sulfide) groups is 1. The molecule has 0 spiro atoms. The van der Waals surface area contributed by atoms with E-state index in [-0.39, 0.29) is 5.75 Å². The Morgan fingerprint density at radius 1 is 1.26 bits per heavy atom. The molecule has 1 amide bonds. The van der Waals surface area contributed by atoms with Crippen LogP contribution in [0, 0.1) is 0 Å². The lowest BCUT2D eigenvalue weighted by Crippen LogP contribution is -2.34. The van der Waals surface area contributed by atoms with Crippen molar-refractivity contribution in [2.75, 3.05) is 30.3 Å². The molecule has 2 aliphatic rings. The van der Waals surface area contributed by atoms with Crippen LogP contribution in [0.2, 0.25) is 0 Å². The van der Waals surface area contributed by atoms with Gasteiger partial charge in [0.25, 0.3) is 0 Å². The number of nitrogens with zero attached hydrogens (tertiary/aromatic N) is 4. The molecule has 3 rings (SSSR count). The fourth-order valence-corrected chi connectivity index (χ4v) is 3.36. The summed E-state index contributed by atoms with van der Waals surface area (Å²) in [6.45, 7) is 0.587. The van der Waals surface area contributed by atoms with Crippen molar-refractivity contribution in [1.82, 2.24) is 20.1 Å². The summed E-state index contributed by atoms with van der Waals surface area (Å²) in [4.78, 5) is 13.7. The molecule has 2 heterocycles. The van der Waals surface area contributed by atoms with E-state index in [4.69, 9.17) is 0 Å². The maximum atomic E-state index is 12.1. The Bertz CT molecular complexity index is 566. The number of nitrogens with one attached hydrogen (secondary N) is 1. The van der Waals surface area contributed by atoms with Crippen molar-refractivity contribution in [1.29, 1.82) is 0 Å². The lowest BCUT2D eigenvalue weighted by atomic mass is 10.4. The van der Waals surface area contributed by atoms with E-state index in [0.29, 0.717) is 11.2 Å². The lowest BCUT2D eigenvalue weighted by molar-refractivity contribution is -0.136. The van der Waals surface area contributed by atoms with Crippen molar-refractivity contribution in [3.8, 4) is 0 Å². The van der Waals surface area contributed by atoms with Gasteiger partial charge < -0.3 is 10.2 Å². The van der Waals surface area contributed by atoms with Crippen molar-refractivity contribution in [2.24, 2.45) is 0 Å². The van der Waals surface area contributed by atoms with E-state index in [1.54, 1.807) is 0 Å². The van der Waals surface area contributed by atoms with Gasteiger partial charge in [0.1, 0.15) is 6.54 Å². The van der Waals surface area contributed by atoms with E-state index in [9.17, 15) is 18.0 Å². The first-order valence-corrected chi connectivity index (χ1v) is 8.59. The molecule has 0 bridgehead atoms. The predicted octanol–water partition coefficient (Wildman–Crippen LogP) is 1.98. The van der Waals surface area contributed by atoms with Gasteiger partial charge in [-0.1, -0.05) is 11.8 Å². The highest BCUT2D eigenvalue weighted by atomic mass is 32.2. The van der Waals surface area contributed by atoms with Crippen LogP contribution in [0.3, 0.4) is 0 Å². The maximum absolute atomic E-state index is 12.1. The Morgan fingerprint density at radius 3 is 2.57 bits per heavy atom. The first-order valence-electron chi connectivity index (χ1n) is 7.60. The number of alkyl halides is 3. The molecule has 0 unspecified atom stereocenters. The molecule has 2 fully saturated rings. The number of carbonyl (C=O) groups excluding carboxylic acids is 1. The fraction of sp³-hybridized carbons (Fsp3) is 0.769. The zero-order chi connectivity index (χ0) is 16.4. The smallest absolute Gasteiger partial charge is 0.346 e. The van der Waals surface area contributed by atoms with E-state index in [1.165, 1.54) is 0 Å². The summed E-state index contributed by atoms with van der Waals surface area (Å²) in [5.41, 5.74) is 0. The quantitative estimate of drug-likeness (QED) is 0.796. The molecule has 6 nitrogen and oxygen atoms in total. The highest BCUT2D eigenvalue weighted by molar-refractivity contribution is 7.99. The summed E-state index contributed by atoms with van der Waals surface area (Å²) in [5, 5.41) is 10.8. The number of halogens is 3. The molecule has 1 saturated heterocycles. The topological polar surface area (TPSA) is 63.1 Å². The Morgan fingerprint density at radius 2 is 1.96 bits per heavy atom. The summed E-state index contributed by atoms with van der Waals surface area (Å²) >= 11 is 1.14. The predicted molar refractivity (Wildman–Crippen MR) is 79.5 cm³/mol. The zero-order valence-corrected chi connectivity index (χ0v) is 13.3. The average molecular weight is 349 g/mol. The third-order valence-corrected chi connectivity index (χ3v) is 4.71. The van der Waals surface area contributed by atoms with Gasteiger partial charge in [-0.25, -0.2) is 0 Å². The molecule has 1 aliphatic heterocycles. The van der Waals surface area contributed by atoms with Crippen LogP contribution in [-0.4, -0.2) is 52.2 Å². The third kappa shape index (κ3) is 4.30. The fourth-order valence-electron chi connectivity index (χ4n) is 2.53. The highest BCUT2D eigenvalue weighted by Crippen LogP contribution is 2.41. The van der Waals surface area contributed by atoms with Crippen LogP contribution in [0.4, 0.5) is 19.1 Å². The molecule has 0 atom stereocenters. The summed E-state index contributed by atoms with van der Waals surface area (Å²) in [5.74, 6) is 0.0737. The minimum Gasteiger partial charge on any atom is -0.346 e. The van der Waals surface area contributed by atoms with Crippen LogP contribution < -0.4 is 10.2 Å². The minimum atomic E-state index is -4.39. The van der Waals surface area contributed by atoms with Gasteiger partial charge in [0.05, 0.1) is 5.75 Å². The number of amides is 1. The van der Waals surface area contributed by atoms with Gasteiger partial charge in [0.2, 0.25) is 11.9 Å². The second-order valence-electron chi connectivity index (χ2n) is 5.76. The molecule has 1 aromatic heterocycles. The highest BCUT2D eigenvalue weighted by Gasteiger charge is 2.33. The largest absolute Gasteiger partial charge is 0.405 e. The molecule has 1 aliphatic carbocycles. The van der Waals surface area contributed by atoms with E-state index in [0.717, 1.165) is 56.5 Å². The molecule has 0 radical (unpaired) electrons. The Hall–Kier alpha value is -1.45. The third-order valence-electron chi connectivity index (χ3n) is 3.77. The molecular weight excluding hydrogens is 331 g/mol. The Labute approximate surface area is 135 Å².